The van der Waals surface area contributed by atoms with E-state index in [-0.39, 0.29) is 24.9 Å². The van der Waals surface area contributed by atoms with Gasteiger partial charge in [0, 0.05) is 23.8 Å². The van der Waals surface area contributed by atoms with Gasteiger partial charge in [0.2, 0.25) is 11.8 Å². The summed E-state index contributed by atoms with van der Waals surface area (Å²) in [4.78, 5) is 24.6. The normalized spacial score (nSPS) is 11.2. The number of nitrogens with one attached hydrogen (secondary N) is 2. The van der Waals surface area contributed by atoms with E-state index in [9.17, 15) is 9.59 Å². The van der Waals surface area contributed by atoms with Crippen LogP contribution in [-0.2, 0) is 35.5 Å². The van der Waals surface area contributed by atoms with Crippen molar-refractivity contribution >= 4 is 23.2 Å². The molecule has 2 N–H and O–H groups in total. The molecule has 0 aliphatic heterocycles. The first-order valence-electron chi connectivity index (χ1n) is 11.7. The third-order valence-electron chi connectivity index (χ3n) is 5.19. The maximum Gasteiger partial charge on any atom is 0.246 e. The van der Waals surface area contributed by atoms with Gasteiger partial charge in [-0.15, -0.1) is 10.2 Å². The van der Waals surface area contributed by atoms with E-state index < -0.39 is 0 Å². The van der Waals surface area contributed by atoms with Crippen LogP contribution in [0.2, 0.25) is 0 Å². The molecule has 34 heavy (non-hydrogen) atoms. The van der Waals surface area contributed by atoms with Crippen molar-refractivity contribution in [1.82, 2.24) is 30.0 Å². The van der Waals surface area contributed by atoms with Crippen LogP contribution in [0.4, 0.5) is 11.4 Å². The fraction of sp³-hybridized carbons (Fsp3) is 0.500. The number of aryl methyl sites for hydroxylation is 2. The van der Waals surface area contributed by atoms with Crippen LogP contribution in [0.25, 0.3) is 0 Å². The highest BCUT2D eigenvalue weighted by Crippen LogP contribution is 2.14. The molecular weight excluding hydrogens is 432 g/mol. The molecule has 1 aromatic carbocycles. The van der Waals surface area contributed by atoms with Gasteiger partial charge in [-0.1, -0.05) is 38.1 Å². The van der Waals surface area contributed by atoms with Gasteiger partial charge in [0.15, 0.2) is 0 Å². The molecule has 0 saturated carbocycles. The summed E-state index contributed by atoms with van der Waals surface area (Å²) in [7, 11) is 0. The van der Waals surface area contributed by atoms with E-state index in [0.717, 1.165) is 37.1 Å². The Morgan fingerprint density at radius 3 is 1.47 bits per heavy atom. The Balaban J connectivity index is 1.43. The van der Waals surface area contributed by atoms with Crippen molar-refractivity contribution in [3.63, 3.8) is 0 Å². The van der Waals surface area contributed by atoms with Crippen LogP contribution in [0, 0.1) is 11.8 Å². The lowest BCUT2D eigenvalue weighted by molar-refractivity contribution is -0.117. The number of carbonyl (C=O) groups is 2. The van der Waals surface area contributed by atoms with E-state index in [1.165, 1.54) is 9.36 Å². The molecule has 0 spiro atoms. The highest BCUT2D eigenvalue weighted by Gasteiger charge is 2.10. The molecule has 2 heterocycles. The summed E-state index contributed by atoms with van der Waals surface area (Å²) in [5.41, 5.74) is 3.04. The van der Waals surface area contributed by atoms with Gasteiger partial charge in [0.25, 0.3) is 0 Å². The van der Waals surface area contributed by atoms with Crippen molar-refractivity contribution < 1.29 is 9.59 Å². The summed E-state index contributed by atoms with van der Waals surface area (Å²) < 4.78 is 3.08. The van der Waals surface area contributed by atoms with Gasteiger partial charge < -0.3 is 10.6 Å². The Kier molecular flexibility index (Phi) is 8.89. The highest BCUT2D eigenvalue weighted by molar-refractivity contribution is 5.92. The third-order valence-corrected chi connectivity index (χ3v) is 5.19. The van der Waals surface area contributed by atoms with Crippen molar-refractivity contribution in [2.45, 2.75) is 66.5 Å². The number of nitrogens with zero attached hydrogens (tertiary/aromatic N) is 6. The molecule has 3 aromatic rings. The molecule has 0 bridgehead atoms. The molecule has 0 fully saturated rings. The number of anilines is 2. The zero-order valence-electron chi connectivity index (χ0n) is 20.4. The lowest BCUT2D eigenvalue weighted by atomic mass is 10.1. The average Bonchev–Trinajstić information content (AvgIpc) is 3.41. The standard InChI is InChI=1S/C24H34N8O2/c1-17(2)5-7-21-13-31(29-27-21)15-23(33)25-19-9-11-20(12-10-19)26-24(34)16-32-14-22(28-30-32)8-6-18(3)4/h9-14,17-18H,5-8,15-16H2,1-4H3,(H,25,33)(H,26,34). The number of aromatic nitrogens is 6. The number of hydrogen-bond acceptors (Lipinski definition) is 6. The molecule has 182 valence electrons. The molecule has 3 rings (SSSR count). The maximum atomic E-state index is 12.3. The summed E-state index contributed by atoms with van der Waals surface area (Å²) in [6.45, 7) is 8.83. The Morgan fingerprint density at radius 1 is 0.735 bits per heavy atom. The molecule has 10 heteroatoms. The van der Waals surface area contributed by atoms with E-state index in [2.05, 4.69) is 59.0 Å². The summed E-state index contributed by atoms with van der Waals surface area (Å²) >= 11 is 0. The average molecular weight is 467 g/mol. The SMILES string of the molecule is CC(C)CCc1cn(CC(=O)Nc2ccc(NC(=O)Cn3cc(CCC(C)C)nn3)cc2)nn1. The Morgan fingerprint density at radius 2 is 1.12 bits per heavy atom. The number of carbonyl (C=O) groups excluding carboxylic acids is 2. The van der Waals surface area contributed by atoms with E-state index >= 15 is 0 Å². The molecule has 0 atom stereocenters. The van der Waals surface area contributed by atoms with Crippen LogP contribution in [0.1, 0.15) is 51.9 Å². The quantitative estimate of drug-likeness (QED) is 0.423. The summed E-state index contributed by atoms with van der Waals surface area (Å²) in [6.07, 6.45) is 7.38. The number of rotatable bonds is 12. The largest absolute Gasteiger partial charge is 0.324 e. The second-order valence-corrected chi connectivity index (χ2v) is 9.35. The highest BCUT2D eigenvalue weighted by atomic mass is 16.2. The molecule has 0 radical (unpaired) electrons. The zero-order valence-corrected chi connectivity index (χ0v) is 20.4. The summed E-state index contributed by atoms with van der Waals surface area (Å²) in [5.74, 6) is 0.792. The Labute approximate surface area is 200 Å². The van der Waals surface area contributed by atoms with E-state index in [4.69, 9.17) is 0 Å². The van der Waals surface area contributed by atoms with Crippen LogP contribution in [0.3, 0.4) is 0 Å². The van der Waals surface area contributed by atoms with E-state index in [0.29, 0.717) is 23.2 Å². The molecule has 2 amide bonds. The van der Waals surface area contributed by atoms with Crippen LogP contribution in [-0.4, -0.2) is 41.8 Å². The Bertz CT molecular complexity index is 984. The Hall–Kier alpha value is -3.56. The molecule has 2 aromatic heterocycles. The van der Waals surface area contributed by atoms with Crippen LogP contribution >= 0.6 is 0 Å². The minimum absolute atomic E-state index is 0.0875. The second-order valence-electron chi connectivity index (χ2n) is 9.35. The van der Waals surface area contributed by atoms with Gasteiger partial charge in [0.1, 0.15) is 13.1 Å². The molecule has 0 saturated heterocycles. The first-order chi connectivity index (χ1) is 16.3. The first kappa shape index (κ1) is 25.1. The van der Waals surface area contributed by atoms with Gasteiger partial charge in [-0.05, 0) is 61.8 Å². The monoisotopic (exact) mass is 466 g/mol. The van der Waals surface area contributed by atoms with Crippen molar-refractivity contribution in [3.05, 3.63) is 48.0 Å². The molecular formula is C24H34N8O2. The second kappa shape index (κ2) is 12.1. The van der Waals surface area contributed by atoms with Crippen molar-refractivity contribution in [3.8, 4) is 0 Å². The molecule has 0 aliphatic carbocycles. The molecule has 0 unspecified atom stereocenters. The van der Waals surface area contributed by atoms with Gasteiger partial charge in [-0.25, -0.2) is 9.36 Å². The van der Waals surface area contributed by atoms with Crippen molar-refractivity contribution in [1.29, 1.82) is 0 Å². The number of hydrogen-bond donors (Lipinski definition) is 2. The lowest BCUT2D eigenvalue weighted by Gasteiger charge is -2.08. The van der Waals surface area contributed by atoms with Crippen LogP contribution in [0.5, 0.6) is 0 Å². The molecule has 10 nitrogen and oxygen atoms in total. The number of benzene rings is 1. The van der Waals surface area contributed by atoms with E-state index in [1.807, 2.05) is 12.4 Å². The lowest BCUT2D eigenvalue weighted by Crippen LogP contribution is -2.20. The third kappa shape index (κ3) is 8.42. The van der Waals surface area contributed by atoms with Crippen LogP contribution in [0.15, 0.2) is 36.7 Å². The smallest absolute Gasteiger partial charge is 0.246 e. The minimum atomic E-state index is -0.198. The predicted molar refractivity (Wildman–Crippen MR) is 130 cm³/mol. The summed E-state index contributed by atoms with van der Waals surface area (Å²) in [6, 6.07) is 6.95. The predicted octanol–water partition coefficient (Wildman–Crippen LogP) is 3.32. The fourth-order valence-electron chi connectivity index (χ4n) is 3.27. The minimum Gasteiger partial charge on any atom is -0.324 e. The maximum absolute atomic E-state index is 12.3. The van der Waals surface area contributed by atoms with Gasteiger partial charge in [-0.3, -0.25) is 9.59 Å². The van der Waals surface area contributed by atoms with Crippen molar-refractivity contribution in [2.24, 2.45) is 11.8 Å². The van der Waals surface area contributed by atoms with Gasteiger partial charge >= 0.3 is 0 Å². The fourth-order valence-corrected chi connectivity index (χ4v) is 3.27. The van der Waals surface area contributed by atoms with Crippen molar-refractivity contribution in [2.75, 3.05) is 10.6 Å². The summed E-state index contributed by atoms with van der Waals surface area (Å²) in [5, 5.41) is 21.9. The van der Waals surface area contributed by atoms with E-state index in [1.54, 1.807) is 24.3 Å². The topological polar surface area (TPSA) is 120 Å². The van der Waals surface area contributed by atoms with Gasteiger partial charge in [-0.2, -0.15) is 0 Å². The zero-order chi connectivity index (χ0) is 24.5. The van der Waals surface area contributed by atoms with Crippen LogP contribution < -0.4 is 10.6 Å². The van der Waals surface area contributed by atoms with Gasteiger partial charge in [0.05, 0.1) is 11.4 Å². The number of amides is 2. The first-order valence-corrected chi connectivity index (χ1v) is 11.7. The molecule has 0 aliphatic rings.